The van der Waals surface area contributed by atoms with E-state index in [1.165, 1.54) is 35.9 Å². The van der Waals surface area contributed by atoms with E-state index in [2.05, 4.69) is 106 Å². The molecule has 1 aliphatic heterocycles. The highest BCUT2D eigenvalue weighted by Crippen LogP contribution is 2.36. The third-order valence-corrected chi connectivity index (χ3v) is 10.3. The quantitative estimate of drug-likeness (QED) is 0.0712. The number of rotatable bonds is 14. The normalized spacial score (nSPS) is 14.3. The smallest absolute Gasteiger partial charge is 0.264 e. The van der Waals surface area contributed by atoms with Crippen molar-refractivity contribution in [3.63, 3.8) is 0 Å². The number of amides is 1. The van der Waals surface area contributed by atoms with Crippen LogP contribution in [0.15, 0.2) is 85.5 Å². The Labute approximate surface area is 368 Å². The molecule has 1 aliphatic rings. The first-order valence-corrected chi connectivity index (χ1v) is 22.7. The molecule has 1 saturated heterocycles. The Kier molecular flexibility index (Phi) is 21.4. The molecule has 3 aromatic carbocycles. The Morgan fingerprint density at radius 2 is 1.07 bits per heavy atom. The number of hydrogen-bond acceptors (Lipinski definition) is 10. The summed E-state index contributed by atoms with van der Waals surface area (Å²) in [4.78, 5) is 13.0. The molecular formula is C49H78N2O9S. The van der Waals surface area contributed by atoms with Gasteiger partial charge in [-0.05, 0) is 115 Å². The molecule has 0 saturated carbocycles. The number of nitrogens with one attached hydrogen (secondary N) is 1. The minimum atomic E-state index is -3.28. The second-order valence-electron chi connectivity index (χ2n) is 19.6. The first-order valence-electron chi connectivity index (χ1n) is 20.9. The lowest BCUT2D eigenvalue weighted by Crippen LogP contribution is -2.39. The Balaban J connectivity index is 0.000000597. The average molecular weight is 871 g/mol. The number of nitrogens with zero attached hydrogens (tertiary/aromatic N) is 1. The highest BCUT2D eigenvalue weighted by Gasteiger charge is 2.30. The van der Waals surface area contributed by atoms with Gasteiger partial charge >= 0.3 is 0 Å². The lowest BCUT2D eigenvalue weighted by molar-refractivity contribution is -0.117. The lowest BCUT2D eigenvalue weighted by Gasteiger charge is -2.29. The average Bonchev–Trinajstić information content (AvgIpc) is 4.02. The molecule has 1 heterocycles. The van der Waals surface area contributed by atoms with Crippen LogP contribution in [0.4, 0.5) is 0 Å². The van der Waals surface area contributed by atoms with Crippen molar-refractivity contribution in [3.8, 4) is 11.5 Å². The maximum absolute atomic E-state index is 10.6. The summed E-state index contributed by atoms with van der Waals surface area (Å²) < 4.78 is 36.8. The Hall–Kier alpha value is -3.78. The summed E-state index contributed by atoms with van der Waals surface area (Å²) in [6, 6.07) is 24.9. The van der Waals surface area contributed by atoms with E-state index >= 15 is 0 Å². The lowest BCUT2D eigenvalue weighted by atomic mass is 9.74. The summed E-state index contributed by atoms with van der Waals surface area (Å²) in [6.45, 7) is 34.7. The zero-order chi connectivity index (χ0) is 47.0. The van der Waals surface area contributed by atoms with E-state index in [9.17, 15) is 23.4 Å². The molecule has 4 rings (SSSR count). The summed E-state index contributed by atoms with van der Waals surface area (Å²) in [5.74, 6) is 1.47. The zero-order valence-corrected chi connectivity index (χ0v) is 40.6. The van der Waals surface area contributed by atoms with Gasteiger partial charge in [-0.25, -0.2) is 0 Å². The predicted molar refractivity (Wildman–Crippen MR) is 249 cm³/mol. The van der Waals surface area contributed by atoms with E-state index < -0.39 is 21.8 Å². The Morgan fingerprint density at radius 3 is 1.28 bits per heavy atom. The first kappa shape index (κ1) is 55.2. The van der Waals surface area contributed by atoms with Crippen LogP contribution >= 0.6 is 0 Å². The van der Waals surface area contributed by atoms with Crippen LogP contribution < -0.4 is 14.8 Å². The van der Waals surface area contributed by atoms with Gasteiger partial charge in [-0.1, -0.05) is 89.7 Å². The molecule has 0 aromatic heterocycles. The molecule has 11 nitrogen and oxygen atoms in total. The summed E-state index contributed by atoms with van der Waals surface area (Å²) in [6.07, 6.45) is 1.43. The molecule has 1 amide bonds. The predicted octanol–water partition coefficient (Wildman–Crippen LogP) is 8.03. The van der Waals surface area contributed by atoms with Gasteiger partial charge in [0.2, 0.25) is 5.91 Å². The summed E-state index contributed by atoms with van der Waals surface area (Å²) >= 11 is 0. The SMILES string of the molecule is C=CC(=O)NC(C)(C)C.CC(C)(C)N1CC1.CC(C)(C)OS(C)(=O)=O.CC(CO)COc1ccc(C(C)(C)c2ccc(C(C)(C)c3ccc(OCC(O)CO)cc3)cc2)cc1. The van der Waals surface area contributed by atoms with Crippen LogP contribution in [-0.4, -0.2) is 103 Å². The van der Waals surface area contributed by atoms with Gasteiger partial charge in [0, 0.05) is 47.5 Å². The summed E-state index contributed by atoms with van der Waals surface area (Å²) in [7, 11) is -3.28. The zero-order valence-electron chi connectivity index (χ0n) is 39.8. The summed E-state index contributed by atoms with van der Waals surface area (Å²) in [5.41, 5.74) is 4.14. The molecule has 12 heteroatoms. The van der Waals surface area contributed by atoms with Gasteiger partial charge in [0.25, 0.3) is 10.1 Å². The van der Waals surface area contributed by atoms with E-state index in [0.717, 1.165) is 17.6 Å². The third kappa shape index (κ3) is 22.2. The number of benzene rings is 3. The van der Waals surface area contributed by atoms with Gasteiger partial charge in [0.15, 0.2) is 0 Å². The largest absolute Gasteiger partial charge is 0.493 e. The van der Waals surface area contributed by atoms with Crippen molar-refractivity contribution in [2.75, 3.05) is 45.8 Å². The fourth-order valence-corrected chi connectivity index (χ4v) is 6.61. The van der Waals surface area contributed by atoms with Crippen LogP contribution in [0.2, 0.25) is 0 Å². The number of aliphatic hydroxyl groups excluding tert-OH is 3. The standard InChI is InChI=1S/C31H40O5.C7H13NO.C6H13N.C5H12O3S/c1-22(18-32)20-35-28-14-10-25(11-15-28)30(2,3)23-6-8-24(9-7-23)31(4,5)26-12-16-29(17-13-26)36-21-27(34)19-33;1-5-6(9)8-7(2,3)4;1-6(2,3)7-4-5-7;1-5(2,3)8-9(4,6)7/h6-17,22,27,32-34H,18-21H2,1-5H3;5H,1H2,2-4H3,(H,8,9);4-5H2,1-3H3;1-4H3. The Bertz CT molecular complexity index is 1760. The Morgan fingerprint density at radius 1 is 0.705 bits per heavy atom. The number of ether oxygens (including phenoxy) is 2. The second kappa shape index (κ2) is 23.6. The second-order valence-corrected chi connectivity index (χ2v) is 21.2. The van der Waals surface area contributed by atoms with Crippen molar-refractivity contribution in [3.05, 3.63) is 108 Å². The monoisotopic (exact) mass is 871 g/mol. The van der Waals surface area contributed by atoms with Crippen molar-refractivity contribution < 1.29 is 42.2 Å². The molecule has 0 bridgehead atoms. The van der Waals surface area contributed by atoms with Crippen LogP contribution in [0.25, 0.3) is 0 Å². The van der Waals surface area contributed by atoms with Crippen LogP contribution in [-0.2, 0) is 29.9 Å². The molecule has 4 N–H and O–H groups in total. The van der Waals surface area contributed by atoms with Gasteiger partial charge in [-0.3, -0.25) is 13.9 Å². The minimum Gasteiger partial charge on any atom is -0.493 e. The van der Waals surface area contributed by atoms with Gasteiger partial charge in [0.05, 0.1) is 25.1 Å². The maximum atomic E-state index is 10.6. The molecular weight excluding hydrogens is 793 g/mol. The maximum Gasteiger partial charge on any atom is 0.264 e. The number of carbonyl (C=O) groups excluding carboxylic acids is 1. The molecule has 0 aliphatic carbocycles. The van der Waals surface area contributed by atoms with Crippen LogP contribution in [0.5, 0.6) is 11.5 Å². The number of carbonyl (C=O) groups is 1. The highest BCUT2D eigenvalue weighted by molar-refractivity contribution is 7.86. The van der Waals surface area contributed by atoms with Crippen molar-refractivity contribution in [2.24, 2.45) is 5.92 Å². The van der Waals surface area contributed by atoms with Crippen molar-refractivity contribution >= 4 is 16.0 Å². The highest BCUT2D eigenvalue weighted by atomic mass is 32.2. The minimum absolute atomic E-state index is 0.0646. The molecule has 0 radical (unpaired) electrons. The van der Waals surface area contributed by atoms with E-state index in [1.807, 2.05) is 64.1 Å². The molecule has 344 valence electrons. The van der Waals surface area contributed by atoms with E-state index in [4.69, 9.17) is 14.6 Å². The van der Waals surface area contributed by atoms with Gasteiger partial charge in [-0.15, -0.1) is 0 Å². The molecule has 1 fully saturated rings. The molecule has 2 atom stereocenters. The van der Waals surface area contributed by atoms with E-state index in [1.54, 1.807) is 20.8 Å². The third-order valence-electron chi connectivity index (χ3n) is 9.46. The molecule has 2 unspecified atom stereocenters. The molecule has 61 heavy (non-hydrogen) atoms. The first-order chi connectivity index (χ1) is 27.8. The van der Waals surface area contributed by atoms with Gasteiger partial charge in [0.1, 0.15) is 24.2 Å². The fourth-order valence-electron chi connectivity index (χ4n) is 5.70. The molecule has 3 aromatic rings. The van der Waals surface area contributed by atoms with Gasteiger partial charge < -0.3 is 30.1 Å². The van der Waals surface area contributed by atoms with Crippen LogP contribution in [0, 0.1) is 5.92 Å². The van der Waals surface area contributed by atoms with E-state index in [0.29, 0.717) is 17.9 Å². The topological polar surface area (TPSA) is 155 Å². The number of hydrogen-bond donors (Lipinski definition) is 4. The van der Waals surface area contributed by atoms with Crippen molar-refractivity contribution in [1.82, 2.24) is 10.2 Å². The van der Waals surface area contributed by atoms with Gasteiger partial charge in [-0.2, -0.15) is 8.42 Å². The van der Waals surface area contributed by atoms with Crippen molar-refractivity contribution in [1.29, 1.82) is 0 Å². The molecule has 0 spiro atoms. The van der Waals surface area contributed by atoms with Crippen LogP contribution in [0.1, 0.15) is 119 Å². The summed E-state index contributed by atoms with van der Waals surface area (Å²) in [5, 5.41) is 30.3. The van der Waals surface area contributed by atoms with Crippen molar-refractivity contribution in [2.45, 2.75) is 131 Å². The number of aliphatic hydroxyl groups is 3. The van der Waals surface area contributed by atoms with E-state index in [-0.39, 0.29) is 48.0 Å². The fraction of sp³-hybridized carbons (Fsp3) is 0.571. The van der Waals surface area contributed by atoms with Crippen LogP contribution in [0.3, 0.4) is 0 Å².